The summed E-state index contributed by atoms with van der Waals surface area (Å²) in [5.74, 6) is 5.58. The Bertz CT molecular complexity index is 681. The van der Waals surface area contributed by atoms with Gasteiger partial charge in [-0.2, -0.15) is 0 Å². The highest BCUT2D eigenvalue weighted by atomic mass is 32.2. The highest BCUT2D eigenvalue weighted by Gasteiger charge is 2.35. The molecule has 0 aliphatic carbocycles. The van der Waals surface area contributed by atoms with E-state index in [1.165, 1.54) is 0 Å². The molecule has 1 fully saturated rings. The van der Waals surface area contributed by atoms with Crippen molar-refractivity contribution in [2.75, 3.05) is 19.8 Å². The fourth-order valence-electron chi connectivity index (χ4n) is 2.25. The number of nitrogens with one attached hydrogen (secondary N) is 1. The van der Waals surface area contributed by atoms with Crippen LogP contribution >= 0.6 is 0 Å². The quantitative estimate of drug-likeness (QED) is 0.808. The molecular weight excluding hydrogens is 288 g/mol. The number of ether oxygens (including phenoxy) is 1. The summed E-state index contributed by atoms with van der Waals surface area (Å²) in [4.78, 5) is 0.249. The molecule has 1 aromatic carbocycles. The highest BCUT2D eigenvalue weighted by molar-refractivity contribution is 7.89. The number of nitrogens with two attached hydrogens (primary N) is 1. The Balaban J connectivity index is 2.34. The normalized spacial score (nSPS) is 21.9. The van der Waals surface area contributed by atoms with E-state index < -0.39 is 15.6 Å². The molecule has 1 unspecified atom stereocenters. The average molecular weight is 308 g/mol. The molecule has 0 spiro atoms. The first-order valence-electron chi connectivity index (χ1n) is 6.78. The SMILES string of the molecule is Cc1ccc(C#CCN)cc1S(=O)(=O)NC1(C)CCOC1. The van der Waals surface area contributed by atoms with Crippen LogP contribution in [0.15, 0.2) is 23.1 Å². The van der Waals surface area contributed by atoms with Gasteiger partial charge in [-0.05, 0) is 38.0 Å². The molecule has 2 rings (SSSR count). The van der Waals surface area contributed by atoms with E-state index in [9.17, 15) is 8.42 Å². The van der Waals surface area contributed by atoms with Gasteiger partial charge in [-0.25, -0.2) is 13.1 Å². The number of hydrogen-bond donors (Lipinski definition) is 2. The Morgan fingerprint density at radius 1 is 1.48 bits per heavy atom. The van der Waals surface area contributed by atoms with Crippen molar-refractivity contribution in [2.45, 2.75) is 30.7 Å². The van der Waals surface area contributed by atoms with Crippen LogP contribution in [-0.2, 0) is 14.8 Å². The Morgan fingerprint density at radius 3 is 2.86 bits per heavy atom. The van der Waals surface area contributed by atoms with Crippen LogP contribution in [0.1, 0.15) is 24.5 Å². The molecule has 1 aliphatic heterocycles. The monoisotopic (exact) mass is 308 g/mol. The molecule has 1 heterocycles. The Morgan fingerprint density at radius 2 is 2.24 bits per heavy atom. The van der Waals surface area contributed by atoms with Gasteiger partial charge in [0.25, 0.3) is 0 Å². The van der Waals surface area contributed by atoms with Crippen LogP contribution in [0.4, 0.5) is 0 Å². The highest BCUT2D eigenvalue weighted by Crippen LogP contribution is 2.23. The third-order valence-corrected chi connectivity index (χ3v) is 5.19. The summed E-state index contributed by atoms with van der Waals surface area (Å²) in [7, 11) is -3.61. The van der Waals surface area contributed by atoms with Crippen LogP contribution in [-0.4, -0.2) is 33.7 Å². The fourth-order valence-corrected chi connectivity index (χ4v) is 3.94. The van der Waals surface area contributed by atoms with Crippen molar-refractivity contribution < 1.29 is 13.2 Å². The zero-order valence-electron chi connectivity index (χ0n) is 12.3. The summed E-state index contributed by atoms with van der Waals surface area (Å²) < 4.78 is 33.2. The Labute approximate surface area is 125 Å². The molecule has 0 bridgehead atoms. The third kappa shape index (κ3) is 3.83. The predicted molar refractivity (Wildman–Crippen MR) is 81.3 cm³/mol. The number of hydrogen-bond acceptors (Lipinski definition) is 4. The summed E-state index contributed by atoms with van der Waals surface area (Å²) in [6, 6.07) is 5.12. The van der Waals surface area contributed by atoms with E-state index in [-0.39, 0.29) is 11.4 Å². The first-order valence-corrected chi connectivity index (χ1v) is 8.26. The van der Waals surface area contributed by atoms with Gasteiger partial charge in [-0.1, -0.05) is 17.9 Å². The zero-order valence-corrected chi connectivity index (χ0v) is 13.1. The maximum absolute atomic E-state index is 12.6. The van der Waals surface area contributed by atoms with Crippen LogP contribution in [0.3, 0.4) is 0 Å². The largest absolute Gasteiger partial charge is 0.379 e. The van der Waals surface area contributed by atoms with Crippen molar-refractivity contribution in [3.05, 3.63) is 29.3 Å². The van der Waals surface area contributed by atoms with E-state index in [1.807, 2.05) is 6.92 Å². The summed E-state index contributed by atoms with van der Waals surface area (Å²) >= 11 is 0. The van der Waals surface area contributed by atoms with Gasteiger partial charge in [-0.3, -0.25) is 0 Å². The van der Waals surface area contributed by atoms with Gasteiger partial charge in [0.05, 0.1) is 23.6 Å². The third-order valence-electron chi connectivity index (χ3n) is 3.41. The lowest BCUT2D eigenvalue weighted by Gasteiger charge is -2.23. The van der Waals surface area contributed by atoms with Crippen LogP contribution in [0.25, 0.3) is 0 Å². The molecule has 1 aromatic rings. The van der Waals surface area contributed by atoms with Gasteiger partial charge < -0.3 is 10.5 Å². The number of benzene rings is 1. The van der Waals surface area contributed by atoms with Crippen LogP contribution in [0.5, 0.6) is 0 Å². The molecule has 1 atom stereocenters. The van der Waals surface area contributed by atoms with Crippen molar-refractivity contribution >= 4 is 10.0 Å². The first-order chi connectivity index (χ1) is 9.86. The van der Waals surface area contributed by atoms with Gasteiger partial charge in [0.2, 0.25) is 10.0 Å². The van der Waals surface area contributed by atoms with Crippen molar-refractivity contribution in [3.8, 4) is 11.8 Å². The molecule has 21 heavy (non-hydrogen) atoms. The molecule has 1 aliphatic rings. The maximum Gasteiger partial charge on any atom is 0.241 e. The molecule has 0 radical (unpaired) electrons. The van der Waals surface area contributed by atoms with Crippen LogP contribution < -0.4 is 10.5 Å². The summed E-state index contributed by atoms with van der Waals surface area (Å²) in [6.07, 6.45) is 0.665. The van der Waals surface area contributed by atoms with E-state index in [1.54, 1.807) is 25.1 Å². The van der Waals surface area contributed by atoms with Crippen LogP contribution in [0, 0.1) is 18.8 Å². The standard InChI is InChI=1S/C15H20N2O3S/c1-12-5-6-13(4-3-8-16)10-14(12)21(18,19)17-15(2)7-9-20-11-15/h5-6,10,17H,7-9,11,16H2,1-2H3. The lowest BCUT2D eigenvalue weighted by Crippen LogP contribution is -2.46. The molecule has 0 amide bonds. The van der Waals surface area contributed by atoms with E-state index in [0.29, 0.717) is 30.8 Å². The topological polar surface area (TPSA) is 81.4 Å². The van der Waals surface area contributed by atoms with Crippen molar-refractivity contribution in [1.29, 1.82) is 0 Å². The van der Waals surface area contributed by atoms with Gasteiger partial charge in [-0.15, -0.1) is 0 Å². The second kappa shape index (κ2) is 6.16. The molecule has 5 nitrogen and oxygen atoms in total. The lowest BCUT2D eigenvalue weighted by atomic mass is 10.0. The zero-order chi connectivity index (χ0) is 15.5. The Hall–Kier alpha value is -1.39. The van der Waals surface area contributed by atoms with Crippen molar-refractivity contribution in [1.82, 2.24) is 4.72 Å². The maximum atomic E-state index is 12.6. The smallest absolute Gasteiger partial charge is 0.241 e. The molecule has 0 aromatic heterocycles. The first kappa shape index (κ1) is 16.0. The molecule has 3 N–H and O–H groups in total. The lowest BCUT2D eigenvalue weighted by molar-refractivity contribution is 0.178. The van der Waals surface area contributed by atoms with E-state index in [2.05, 4.69) is 16.6 Å². The second-order valence-electron chi connectivity index (χ2n) is 5.45. The van der Waals surface area contributed by atoms with Gasteiger partial charge in [0, 0.05) is 12.2 Å². The van der Waals surface area contributed by atoms with Gasteiger partial charge in [0.15, 0.2) is 0 Å². The molecule has 114 valence electrons. The van der Waals surface area contributed by atoms with Crippen LogP contribution in [0.2, 0.25) is 0 Å². The summed E-state index contributed by atoms with van der Waals surface area (Å²) in [5.41, 5.74) is 6.11. The van der Waals surface area contributed by atoms with E-state index >= 15 is 0 Å². The molecule has 0 saturated carbocycles. The Kier molecular flexibility index (Phi) is 4.69. The van der Waals surface area contributed by atoms with Crippen molar-refractivity contribution in [2.24, 2.45) is 5.73 Å². The molecule has 6 heteroatoms. The average Bonchev–Trinajstić information content (AvgIpc) is 2.83. The second-order valence-corrected chi connectivity index (χ2v) is 7.11. The predicted octanol–water partition coefficient (Wildman–Crippen LogP) is 0.763. The molecular formula is C15H20N2O3S. The minimum Gasteiger partial charge on any atom is -0.379 e. The summed E-state index contributed by atoms with van der Waals surface area (Å²) in [6.45, 7) is 4.81. The minimum absolute atomic E-state index is 0.240. The number of aryl methyl sites for hydroxylation is 1. The van der Waals surface area contributed by atoms with Crippen molar-refractivity contribution in [3.63, 3.8) is 0 Å². The summed E-state index contributed by atoms with van der Waals surface area (Å²) in [5, 5.41) is 0. The number of rotatable bonds is 3. The van der Waals surface area contributed by atoms with E-state index in [0.717, 1.165) is 0 Å². The van der Waals surface area contributed by atoms with E-state index in [4.69, 9.17) is 10.5 Å². The molecule has 1 saturated heterocycles. The van der Waals surface area contributed by atoms with Gasteiger partial charge in [0.1, 0.15) is 0 Å². The fraction of sp³-hybridized carbons (Fsp3) is 0.467. The van der Waals surface area contributed by atoms with Gasteiger partial charge >= 0.3 is 0 Å². The minimum atomic E-state index is -3.61. The number of sulfonamides is 1.